The molecule has 0 bridgehead atoms. The van der Waals surface area contributed by atoms with Crippen molar-refractivity contribution in [3.63, 3.8) is 0 Å². The zero-order valence-electron chi connectivity index (χ0n) is 11.8. The first-order valence-electron chi connectivity index (χ1n) is 6.69. The lowest BCUT2D eigenvalue weighted by Gasteiger charge is -2.23. The van der Waals surface area contributed by atoms with Crippen LogP contribution >= 0.6 is 11.6 Å². The molecule has 126 valence electrons. The van der Waals surface area contributed by atoms with E-state index in [0.29, 0.717) is 17.9 Å². The van der Waals surface area contributed by atoms with E-state index >= 15 is 0 Å². The zero-order valence-corrected chi connectivity index (χ0v) is 12.5. The summed E-state index contributed by atoms with van der Waals surface area (Å²) >= 11 is 5.68. The summed E-state index contributed by atoms with van der Waals surface area (Å²) in [6, 6.07) is 2.10. The number of aromatic nitrogens is 1. The number of likely N-dealkylation sites (tertiary alicyclic amines) is 1. The molecule has 0 saturated carbocycles. The van der Waals surface area contributed by atoms with Crippen molar-refractivity contribution in [2.75, 3.05) is 18.5 Å². The number of nitrogens with one attached hydrogen (secondary N) is 1. The van der Waals surface area contributed by atoms with E-state index in [1.807, 2.05) is 0 Å². The molecule has 1 unspecified atom stereocenters. The first kappa shape index (κ1) is 17.3. The fraction of sp³-hybridized carbons (Fsp3) is 0.462. The number of carbonyl (C=O) groups is 2. The lowest BCUT2D eigenvalue weighted by molar-refractivity contribution is -0.162. The van der Waals surface area contributed by atoms with Gasteiger partial charge in [0.15, 0.2) is 6.61 Å². The molecular weight excluding hydrogens is 339 g/mol. The van der Waals surface area contributed by atoms with Crippen molar-refractivity contribution in [3.8, 4) is 0 Å². The number of hydrogen-bond donors (Lipinski definition) is 1. The second kappa shape index (κ2) is 7.03. The van der Waals surface area contributed by atoms with Gasteiger partial charge in [0.25, 0.3) is 0 Å². The van der Waals surface area contributed by atoms with Crippen LogP contribution in [-0.4, -0.2) is 47.3 Å². The smallest absolute Gasteiger partial charge is 0.422 e. The molecule has 0 spiro atoms. The molecule has 10 heteroatoms. The number of alkyl halides is 3. The minimum absolute atomic E-state index is 0.156. The fourth-order valence-electron chi connectivity index (χ4n) is 2.14. The van der Waals surface area contributed by atoms with E-state index in [-0.39, 0.29) is 12.4 Å². The molecule has 1 N–H and O–H groups in total. The van der Waals surface area contributed by atoms with Crippen LogP contribution in [0.4, 0.5) is 23.8 Å². The Labute approximate surface area is 134 Å². The van der Waals surface area contributed by atoms with Gasteiger partial charge in [-0.2, -0.15) is 13.2 Å². The van der Waals surface area contributed by atoms with Gasteiger partial charge in [-0.15, -0.1) is 0 Å². The molecule has 1 aromatic heterocycles. The summed E-state index contributed by atoms with van der Waals surface area (Å²) in [5.74, 6) is -0.309. The molecule has 0 radical (unpaired) electrons. The molecule has 23 heavy (non-hydrogen) atoms. The average molecular weight is 352 g/mol. The minimum atomic E-state index is -4.61. The largest absolute Gasteiger partial charge is 0.440 e. The number of ether oxygens (including phenoxy) is 1. The van der Waals surface area contributed by atoms with Crippen LogP contribution in [0.3, 0.4) is 0 Å². The van der Waals surface area contributed by atoms with Gasteiger partial charge in [-0.05, 0) is 25.0 Å². The maximum absolute atomic E-state index is 12.2. The van der Waals surface area contributed by atoms with Crippen molar-refractivity contribution >= 4 is 29.4 Å². The highest BCUT2D eigenvalue weighted by Gasteiger charge is 2.37. The zero-order chi connectivity index (χ0) is 17.0. The Morgan fingerprint density at radius 1 is 1.43 bits per heavy atom. The maximum atomic E-state index is 12.2. The van der Waals surface area contributed by atoms with E-state index in [1.165, 1.54) is 18.3 Å². The quantitative estimate of drug-likeness (QED) is 0.909. The van der Waals surface area contributed by atoms with Gasteiger partial charge in [-0.25, -0.2) is 9.78 Å². The normalized spacial score (nSPS) is 17.9. The van der Waals surface area contributed by atoms with E-state index in [0.717, 1.165) is 4.90 Å². The number of halogens is 4. The van der Waals surface area contributed by atoms with Crippen LogP contribution in [0.2, 0.25) is 5.02 Å². The third-order valence-corrected chi connectivity index (χ3v) is 3.35. The molecule has 1 fully saturated rings. The molecule has 2 amide bonds. The Hall–Kier alpha value is -2.03. The van der Waals surface area contributed by atoms with Gasteiger partial charge >= 0.3 is 12.3 Å². The molecular formula is C13H13ClF3N3O3. The van der Waals surface area contributed by atoms with Crippen LogP contribution in [0.25, 0.3) is 0 Å². The van der Waals surface area contributed by atoms with Crippen molar-refractivity contribution in [2.45, 2.75) is 25.1 Å². The number of hydrogen-bond acceptors (Lipinski definition) is 4. The second-order valence-corrected chi connectivity index (χ2v) is 5.31. The van der Waals surface area contributed by atoms with Crippen molar-refractivity contribution in [2.24, 2.45) is 0 Å². The SMILES string of the molecule is O=C(Nc1ccc(Cl)cn1)C1CCCN1C(=O)OCC(F)(F)F. The lowest BCUT2D eigenvalue weighted by atomic mass is 10.2. The highest BCUT2D eigenvalue weighted by Crippen LogP contribution is 2.22. The van der Waals surface area contributed by atoms with E-state index in [2.05, 4.69) is 15.0 Å². The first-order chi connectivity index (χ1) is 10.8. The maximum Gasteiger partial charge on any atom is 0.422 e. The van der Waals surface area contributed by atoms with Crippen molar-refractivity contribution in [3.05, 3.63) is 23.4 Å². The number of anilines is 1. The number of carbonyl (C=O) groups excluding carboxylic acids is 2. The number of rotatable bonds is 3. The summed E-state index contributed by atoms with van der Waals surface area (Å²) in [4.78, 5) is 28.7. The van der Waals surface area contributed by atoms with Crippen LogP contribution in [0.15, 0.2) is 18.3 Å². The molecule has 2 rings (SSSR count). The van der Waals surface area contributed by atoms with Crippen LogP contribution < -0.4 is 5.32 Å². The summed E-state index contributed by atoms with van der Waals surface area (Å²) in [6.07, 6.45) is -3.61. The second-order valence-electron chi connectivity index (χ2n) is 4.87. The molecule has 1 saturated heterocycles. The molecule has 6 nitrogen and oxygen atoms in total. The van der Waals surface area contributed by atoms with Gasteiger partial charge < -0.3 is 10.1 Å². The van der Waals surface area contributed by atoms with E-state index in [4.69, 9.17) is 11.6 Å². The first-order valence-corrected chi connectivity index (χ1v) is 7.06. The predicted molar refractivity (Wildman–Crippen MR) is 75.0 cm³/mol. The Morgan fingerprint density at radius 2 is 2.17 bits per heavy atom. The third-order valence-electron chi connectivity index (χ3n) is 3.13. The summed E-state index contributed by atoms with van der Waals surface area (Å²) in [7, 11) is 0. The van der Waals surface area contributed by atoms with Crippen LogP contribution in [0, 0.1) is 0 Å². The van der Waals surface area contributed by atoms with Crippen molar-refractivity contribution in [1.82, 2.24) is 9.88 Å². The molecule has 1 aliphatic rings. The third kappa shape index (κ3) is 4.98. The van der Waals surface area contributed by atoms with E-state index in [9.17, 15) is 22.8 Å². The minimum Gasteiger partial charge on any atom is -0.440 e. The summed E-state index contributed by atoms with van der Waals surface area (Å²) in [6.45, 7) is -1.53. The topological polar surface area (TPSA) is 71.5 Å². The Kier molecular flexibility index (Phi) is 5.30. The molecule has 1 aliphatic heterocycles. The van der Waals surface area contributed by atoms with Crippen molar-refractivity contribution < 1.29 is 27.5 Å². The average Bonchev–Trinajstić information content (AvgIpc) is 2.96. The molecule has 0 aliphatic carbocycles. The number of nitrogens with zero attached hydrogens (tertiary/aromatic N) is 2. The van der Waals surface area contributed by atoms with Gasteiger partial charge in [0.1, 0.15) is 11.9 Å². The van der Waals surface area contributed by atoms with Crippen LogP contribution in [0.5, 0.6) is 0 Å². The van der Waals surface area contributed by atoms with Gasteiger partial charge in [0.05, 0.1) is 5.02 Å². The number of amides is 2. The van der Waals surface area contributed by atoms with Crippen LogP contribution in [-0.2, 0) is 9.53 Å². The van der Waals surface area contributed by atoms with Gasteiger partial charge in [0.2, 0.25) is 5.91 Å². The monoisotopic (exact) mass is 351 g/mol. The predicted octanol–water partition coefficient (Wildman–Crippen LogP) is 2.84. The Morgan fingerprint density at radius 3 is 2.78 bits per heavy atom. The van der Waals surface area contributed by atoms with E-state index in [1.54, 1.807) is 0 Å². The highest BCUT2D eigenvalue weighted by molar-refractivity contribution is 6.30. The lowest BCUT2D eigenvalue weighted by Crippen LogP contribution is -2.44. The van der Waals surface area contributed by atoms with Crippen molar-refractivity contribution in [1.29, 1.82) is 0 Å². The van der Waals surface area contributed by atoms with Crippen LogP contribution in [0.1, 0.15) is 12.8 Å². The Balaban J connectivity index is 1.96. The molecule has 1 atom stereocenters. The Bertz CT molecular complexity index is 580. The summed E-state index contributed by atoms with van der Waals surface area (Å²) < 4.78 is 40.4. The van der Waals surface area contributed by atoms with Gasteiger partial charge in [0, 0.05) is 12.7 Å². The van der Waals surface area contributed by atoms with Gasteiger partial charge in [-0.3, -0.25) is 9.69 Å². The summed E-state index contributed by atoms with van der Waals surface area (Å²) in [5.41, 5.74) is 0. The molecule has 1 aromatic rings. The van der Waals surface area contributed by atoms with Gasteiger partial charge in [-0.1, -0.05) is 11.6 Å². The molecule has 2 heterocycles. The summed E-state index contributed by atoms with van der Waals surface area (Å²) in [5, 5.41) is 2.88. The fourth-order valence-corrected chi connectivity index (χ4v) is 2.26. The molecule has 0 aromatic carbocycles. The number of pyridine rings is 1. The highest BCUT2D eigenvalue weighted by atomic mass is 35.5. The van der Waals surface area contributed by atoms with E-state index < -0.39 is 30.8 Å². The standard InChI is InChI=1S/C13H13ClF3N3O3/c14-8-3-4-10(18-6-8)19-11(21)9-2-1-5-20(9)12(22)23-7-13(15,16)17/h3-4,6,9H,1-2,5,7H2,(H,18,19,21).